The molecule has 3 rings (SSSR count). The van der Waals surface area contributed by atoms with Gasteiger partial charge in [-0.1, -0.05) is 23.9 Å². The van der Waals surface area contributed by atoms with Gasteiger partial charge in [-0.05, 0) is 24.3 Å². The van der Waals surface area contributed by atoms with Gasteiger partial charge in [0.1, 0.15) is 5.75 Å². The Morgan fingerprint density at radius 2 is 2.04 bits per heavy atom. The van der Waals surface area contributed by atoms with Crippen LogP contribution in [0.1, 0.15) is 5.56 Å². The quantitative estimate of drug-likeness (QED) is 0.566. The molecule has 2 aromatic heterocycles. The Hall–Kier alpha value is -2.59. The Kier molecular flexibility index (Phi) is 6.20. The molecule has 0 spiro atoms. The summed E-state index contributed by atoms with van der Waals surface area (Å²) >= 11 is 2.31. The van der Waals surface area contributed by atoms with E-state index < -0.39 is 11.7 Å². The number of aromatic nitrogens is 2. The number of rotatable bonds is 6. The number of anilines is 1. The Morgan fingerprint density at radius 1 is 1.25 bits per heavy atom. The average Bonchev–Trinajstić information content (AvgIpc) is 3.14. The van der Waals surface area contributed by atoms with Gasteiger partial charge in [0, 0.05) is 17.1 Å². The van der Waals surface area contributed by atoms with Crippen molar-refractivity contribution in [1.29, 1.82) is 0 Å². The second kappa shape index (κ2) is 8.61. The number of hydrogen-bond acceptors (Lipinski definition) is 6. The molecule has 0 aliphatic rings. The third-order valence-electron chi connectivity index (χ3n) is 3.55. The number of halogens is 3. The molecule has 1 aromatic carbocycles. The first kappa shape index (κ1) is 20.2. The van der Waals surface area contributed by atoms with Crippen molar-refractivity contribution in [2.24, 2.45) is 0 Å². The monoisotopic (exact) mass is 425 g/mol. The van der Waals surface area contributed by atoms with E-state index in [-0.39, 0.29) is 11.7 Å². The van der Waals surface area contributed by atoms with Crippen LogP contribution in [0.15, 0.2) is 53.0 Å². The van der Waals surface area contributed by atoms with Gasteiger partial charge in [-0.15, -0.1) is 11.3 Å². The standard InChI is InChI=1S/C18H14F3N3O2S2/c1-26-14-5-3-2-4-12(14)13-9-28-17(23-13)24-15(25)10-27-16-7-6-11(8-22-16)18(19,20)21/h2-9H,10H2,1H3,(H,23,24,25). The summed E-state index contributed by atoms with van der Waals surface area (Å²) in [6.07, 6.45) is -3.68. The topological polar surface area (TPSA) is 64.1 Å². The van der Waals surface area contributed by atoms with E-state index >= 15 is 0 Å². The van der Waals surface area contributed by atoms with Crippen LogP contribution in [0.2, 0.25) is 0 Å². The number of thiazole rings is 1. The molecule has 0 saturated heterocycles. The van der Waals surface area contributed by atoms with Crippen LogP contribution in [0, 0.1) is 0 Å². The van der Waals surface area contributed by atoms with Crippen molar-refractivity contribution in [3.05, 3.63) is 53.5 Å². The number of thioether (sulfide) groups is 1. The van der Waals surface area contributed by atoms with Gasteiger partial charge < -0.3 is 10.1 Å². The molecule has 0 bridgehead atoms. The minimum absolute atomic E-state index is 0.00192. The van der Waals surface area contributed by atoms with E-state index in [9.17, 15) is 18.0 Å². The summed E-state index contributed by atoms with van der Waals surface area (Å²) < 4.78 is 42.9. The van der Waals surface area contributed by atoms with Crippen molar-refractivity contribution in [3.63, 3.8) is 0 Å². The number of ether oxygens (including phenoxy) is 1. The summed E-state index contributed by atoms with van der Waals surface area (Å²) in [5.74, 6) is 0.351. The second-order valence-electron chi connectivity index (χ2n) is 5.46. The lowest BCUT2D eigenvalue weighted by Crippen LogP contribution is -2.14. The predicted molar refractivity (Wildman–Crippen MR) is 103 cm³/mol. The summed E-state index contributed by atoms with van der Waals surface area (Å²) in [5, 5.41) is 5.23. The normalized spacial score (nSPS) is 11.3. The summed E-state index contributed by atoms with van der Waals surface area (Å²) in [7, 11) is 1.57. The van der Waals surface area contributed by atoms with Crippen LogP contribution in [0.3, 0.4) is 0 Å². The van der Waals surface area contributed by atoms with Crippen LogP contribution in [-0.2, 0) is 11.0 Å². The van der Waals surface area contributed by atoms with E-state index in [1.165, 1.54) is 17.4 Å². The van der Waals surface area contributed by atoms with E-state index in [0.717, 1.165) is 29.6 Å². The van der Waals surface area contributed by atoms with Crippen LogP contribution in [0.25, 0.3) is 11.3 Å². The first-order valence-electron chi connectivity index (χ1n) is 7.91. The number of nitrogens with one attached hydrogen (secondary N) is 1. The maximum atomic E-state index is 12.5. The average molecular weight is 425 g/mol. The van der Waals surface area contributed by atoms with Crippen molar-refractivity contribution in [2.75, 3.05) is 18.2 Å². The fourth-order valence-electron chi connectivity index (χ4n) is 2.24. The molecular weight excluding hydrogens is 411 g/mol. The molecule has 0 saturated carbocycles. The number of nitrogens with zero attached hydrogens (tertiary/aromatic N) is 2. The molecule has 0 aliphatic heterocycles. The molecule has 0 aliphatic carbocycles. The van der Waals surface area contributed by atoms with E-state index in [1.807, 2.05) is 24.3 Å². The summed E-state index contributed by atoms with van der Waals surface area (Å²) in [6.45, 7) is 0. The summed E-state index contributed by atoms with van der Waals surface area (Å²) in [4.78, 5) is 20.2. The smallest absolute Gasteiger partial charge is 0.417 e. The molecule has 146 valence electrons. The number of methoxy groups -OCH3 is 1. The van der Waals surface area contributed by atoms with Crippen molar-refractivity contribution in [2.45, 2.75) is 11.2 Å². The van der Waals surface area contributed by atoms with Crippen molar-refractivity contribution >= 4 is 34.1 Å². The fourth-order valence-corrected chi connectivity index (χ4v) is 3.61. The summed E-state index contributed by atoms with van der Waals surface area (Å²) in [6, 6.07) is 9.58. The first-order valence-corrected chi connectivity index (χ1v) is 9.78. The zero-order valence-corrected chi connectivity index (χ0v) is 16.1. The zero-order chi connectivity index (χ0) is 20.1. The number of para-hydroxylation sites is 1. The number of carbonyl (C=O) groups is 1. The molecule has 3 aromatic rings. The first-order chi connectivity index (χ1) is 13.4. The highest BCUT2D eigenvalue weighted by Gasteiger charge is 2.30. The molecule has 0 atom stereocenters. The van der Waals surface area contributed by atoms with Gasteiger partial charge >= 0.3 is 6.18 Å². The Morgan fingerprint density at radius 3 is 2.71 bits per heavy atom. The maximum Gasteiger partial charge on any atom is 0.417 e. The Bertz CT molecular complexity index is 959. The number of amides is 1. The van der Waals surface area contributed by atoms with E-state index in [0.29, 0.717) is 21.6 Å². The van der Waals surface area contributed by atoms with Crippen molar-refractivity contribution in [1.82, 2.24) is 9.97 Å². The molecule has 1 amide bonds. The van der Waals surface area contributed by atoms with Crippen LogP contribution < -0.4 is 10.1 Å². The van der Waals surface area contributed by atoms with Gasteiger partial charge in [0.15, 0.2) is 5.13 Å². The number of alkyl halides is 3. The van der Waals surface area contributed by atoms with Gasteiger partial charge in [0.2, 0.25) is 5.91 Å². The van der Waals surface area contributed by atoms with Gasteiger partial charge in [-0.3, -0.25) is 4.79 Å². The molecule has 0 unspecified atom stereocenters. The van der Waals surface area contributed by atoms with Gasteiger partial charge in [0.05, 0.1) is 29.1 Å². The van der Waals surface area contributed by atoms with Crippen LogP contribution in [0.5, 0.6) is 5.75 Å². The zero-order valence-electron chi connectivity index (χ0n) is 14.5. The predicted octanol–water partition coefficient (Wildman–Crippen LogP) is 4.96. The number of benzene rings is 1. The lowest BCUT2D eigenvalue weighted by molar-refractivity contribution is -0.137. The second-order valence-corrected chi connectivity index (χ2v) is 7.31. The van der Waals surface area contributed by atoms with Crippen molar-refractivity contribution in [3.8, 4) is 17.0 Å². The fraction of sp³-hybridized carbons (Fsp3) is 0.167. The summed E-state index contributed by atoms with van der Waals surface area (Å²) in [5.41, 5.74) is 0.660. The van der Waals surface area contributed by atoms with Gasteiger partial charge in [-0.25, -0.2) is 9.97 Å². The van der Waals surface area contributed by atoms with Crippen molar-refractivity contribution < 1.29 is 22.7 Å². The number of hydrogen-bond donors (Lipinski definition) is 1. The number of pyridine rings is 1. The molecule has 2 heterocycles. The van der Waals surface area contributed by atoms with Crippen LogP contribution in [0.4, 0.5) is 18.3 Å². The van der Waals surface area contributed by atoms with Gasteiger partial charge in [-0.2, -0.15) is 13.2 Å². The van der Waals surface area contributed by atoms with Gasteiger partial charge in [0.25, 0.3) is 0 Å². The maximum absolute atomic E-state index is 12.5. The van der Waals surface area contributed by atoms with E-state index in [2.05, 4.69) is 15.3 Å². The van der Waals surface area contributed by atoms with Crippen LogP contribution >= 0.6 is 23.1 Å². The highest BCUT2D eigenvalue weighted by atomic mass is 32.2. The molecule has 0 radical (unpaired) electrons. The van der Waals surface area contributed by atoms with E-state index in [1.54, 1.807) is 12.5 Å². The molecule has 10 heteroatoms. The Balaban J connectivity index is 1.58. The third-order valence-corrected chi connectivity index (χ3v) is 5.25. The third kappa shape index (κ3) is 5.02. The molecule has 1 N–H and O–H groups in total. The minimum atomic E-state index is -4.43. The largest absolute Gasteiger partial charge is 0.496 e. The Labute approximate surface area is 167 Å². The highest BCUT2D eigenvalue weighted by molar-refractivity contribution is 7.99. The SMILES string of the molecule is COc1ccccc1-c1csc(NC(=O)CSc2ccc(C(F)(F)F)cn2)n1. The molecule has 28 heavy (non-hydrogen) atoms. The lowest BCUT2D eigenvalue weighted by Gasteiger charge is -2.06. The molecule has 5 nitrogen and oxygen atoms in total. The molecular formula is C18H14F3N3O2S2. The number of carbonyl (C=O) groups excluding carboxylic acids is 1. The van der Waals surface area contributed by atoms with Crippen LogP contribution in [-0.4, -0.2) is 28.7 Å². The van der Waals surface area contributed by atoms with E-state index in [4.69, 9.17) is 4.74 Å². The lowest BCUT2D eigenvalue weighted by atomic mass is 10.1. The minimum Gasteiger partial charge on any atom is -0.496 e. The molecule has 0 fully saturated rings. The highest BCUT2D eigenvalue weighted by Crippen LogP contribution is 2.32.